The normalized spacial score (nSPS) is 12.2. The van der Waals surface area contributed by atoms with E-state index < -0.39 is 8.32 Å². The maximum atomic E-state index is 5.97. The fourth-order valence-electron chi connectivity index (χ4n) is 1.37. The molecule has 0 saturated carbocycles. The Morgan fingerprint density at radius 2 is 1.67 bits per heavy atom. The molecule has 0 bridgehead atoms. The fraction of sp³-hybridized carbons (Fsp3) is 0.429. The summed E-state index contributed by atoms with van der Waals surface area (Å²) in [6.45, 7) is 10.3. The molecule has 0 saturated heterocycles. The van der Waals surface area contributed by atoms with Crippen LogP contribution in [0.15, 0.2) is 40.5 Å². The molecule has 3 nitrogen and oxygen atoms in total. The summed E-state index contributed by atoms with van der Waals surface area (Å²) in [7, 11) is -1.65. The topological polar surface area (TPSA) is 34.0 Å². The Kier molecular flexibility index (Phi) is 5.28. The average molecular weight is 262 g/mol. The van der Waals surface area contributed by atoms with Crippen molar-refractivity contribution < 1.29 is 4.43 Å². The van der Waals surface area contributed by atoms with Gasteiger partial charge in [0.2, 0.25) is 8.32 Å². The molecule has 0 aliphatic carbocycles. The van der Waals surface area contributed by atoms with Crippen LogP contribution in [-0.2, 0) is 10.8 Å². The lowest BCUT2D eigenvalue weighted by Gasteiger charge is -2.20. The van der Waals surface area contributed by atoms with Gasteiger partial charge >= 0.3 is 0 Å². The van der Waals surface area contributed by atoms with Gasteiger partial charge in [-0.15, -0.1) is 5.10 Å². The van der Waals surface area contributed by atoms with Gasteiger partial charge in [0.15, 0.2) is 5.90 Å². The lowest BCUT2D eigenvalue weighted by molar-refractivity contribution is 0.535. The third-order valence-corrected chi connectivity index (χ3v) is 2.83. The van der Waals surface area contributed by atoms with Crippen LogP contribution in [0.25, 0.3) is 0 Å². The molecule has 0 fully saturated rings. The molecule has 0 unspecified atom stereocenters. The van der Waals surface area contributed by atoms with E-state index in [9.17, 15) is 0 Å². The lowest BCUT2D eigenvalue weighted by atomic mass is 10.1. The zero-order chi connectivity index (χ0) is 13.6. The molecule has 18 heavy (non-hydrogen) atoms. The van der Waals surface area contributed by atoms with Crippen LogP contribution in [0.2, 0.25) is 19.6 Å². The molecule has 0 heterocycles. The van der Waals surface area contributed by atoms with Crippen molar-refractivity contribution in [2.24, 2.45) is 10.2 Å². The highest BCUT2D eigenvalue weighted by molar-refractivity contribution is 6.71. The van der Waals surface area contributed by atoms with Crippen molar-refractivity contribution in [1.29, 1.82) is 0 Å². The number of hydrogen-bond acceptors (Lipinski definition) is 3. The molecule has 98 valence electrons. The SMILES string of the molecule is CC(C)=N/N=C(/Cc1ccccc1)O[Si](C)(C)C. The molecule has 0 aliphatic rings. The lowest BCUT2D eigenvalue weighted by Crippen LogP contribution is -2.30. The number of benzene rings is 1. The number of hydrogen-bond donors (Lipinski definition) is 0. The quantitative estimate of drug-likeness (QED) is 0.351. The van der Waals surface area contributed by atoms with Gasteiger partial charge in [0, 0.05) is 12.1 Å². The number of rotatable bonds is 4. The zero-order valence-electron chi connectivity index (χ0n) is 11.9. The van der Waals surface area contributed by atoms with Crippen molar-refractivity contribution in [3.8, 4) is 0 Å². The van der Waals surface area contributed by atoms with Crippen molar-refractivity contribution in [3.05, 3.63) is 35.9 Å². The minimum Gasteiger partial charge on any atom is -0.533 e. The molecule has 0 aromatic heterocycles. The van der Waals surface area contributed by atoms with Gasteiger partial charge in [0.25, 0.3) is 0 Å². The first kappa shape index (κ1) is 14.6. The Labute approximate surface area is 111 Å². The van der Waals surface area contributed by atoms with Crippen molar-refractivity contribution in [2.45, 2.75) is 39.9 Å². The maximum absolute atomic E-state index is 5.97. The standard InChI is InChI=1S/C14H22N2OSi/c1-12(2)15-16-14(17-18(3,4)5)11-13-9-7-6-8-10-13/h6-10H,11H2,1-5H3/b16-14-. The largest absolute Gasteiger partial charge is 0.533 e. The monoisotopic (exact) mass is 262 g/mol. The van der Waals surface area contributed by atoms with E-state index in [4.69, 9.17) is 4.43 Å². The molecule has 0 amide bonds. The van der Waals surface area contributed by atoms with Gasteiger partial charge in [-0.1, -0.05) is 30.3 Å². The van der Waals surface area contributed by atoms with E-state index >= 15 is 0 Å². The van der Waals surface area contributed by atoms with E-state index in [0.717, 1.165) is 5.71 Å². The molecule has 1 rings (SSSR count). The smallest absolute Gasteiger partial charge is 0.243 e. The van der Waals surface area contributed by atoms with Crippen LogP contribution in [0.1, 0.15) is 19.4 Å². The first-order valence-electron chi connectivity index (χ1n) is 6.17. The van der Waals surface area contributed by atoms with Crippen LogP contribution >= 0.6 is 0 Å². The minimum atomic E-state index is -1.65. The summed E-state index contributed by atoms with van der Waals surface area (Å²) in [5.74, 6) is 0.710. The third kappa shape index (κ3) is 6.35. The first-order valence-corrected chi connectivity index (χ1v) is 9.58. The van der Waals surface area contributed by atoms with Gasteiger partial charge in [0.05, 0.1) is 0 Å². The molecule has 0 radical (unpaired) electrons. The molecule has 0 atom stereocenters. The summed E-state index contributed by atoms with van der Waals surface area (Å²) in [5.41, 5.74) is 2.12. The van der Waals surface area contributed by atoms with Crippen LogP contribution in [0, 0.1) is 0 Å². The van der Waals surface area contributed by atoms with Crippen LogP contribution in [0.5, 0.6) is 0 Å². The summed E-state index contributed by atoms with van der Waals surface area (Å²) >= 11 is 0. The molecule has 1 aromatic carbocycles. The van der Waals surface area contributed by atoms with Gasteiger partial charge in [-0.2, -0.15) is 5.10 Å². The van der Waals surface area contributed by atoms with Crippen molar-refractivity contribution in [2.75, 3.05) is 0 Å². The summed E-state index contributed by atoms with van der Waals surface area (Å²) < 4.78 is 5.97. The summed E-state index contributed by atoms with van der Waals surface area (Å²) in [4.78, 5) is 0. The Bertz CT molecular complexity index is 429. The maximum Gasteiger partial charge on any atom is 0.243 e. The first-order chi connectivity index (χ1) is 8.37. The highest BCUT2D eigenvalue weighted by Gasteiger charge is 2.19. The fourth-order valence-corrected chi connectivity index (χ4v) is 2.19. The summed E-state index contributed by atoms with van der Waals surface area (Å²) in [6.07, 6.45) is 0.696. The predicted octanol–water partition coefficient (Wildman–Crippen LogP) is 3.87. The zero-order valence-corrected chi connectivity index (χ0v) is 12.9. The van der Waals surface area contributed by atoms with E-state index in [2.05, 4.69) is 42.0 Å². The van der Waals surface area contributed by atoms with E-state index in [1.807, 2.05) is 32.0 Å². The van der Waals surface area contributed by atoms with E-state index in [1.54, 1.807) is 0 Å². The van der Waals surface area contributed by atoms with E-state index in [0.29, 0.717) is 12.3 Å². The Hall–Kier alpha value is -1.42. The average Bonchev–Trinajstić information content (AvgIpc) is 2.25. The molecule has 0 spiro atoms. The molecule has 0 N–H and O–H groups in total. The van der Waals surface area contributed by atoms with Crippen LogP contribution in [0.3, 0.4) is 0 Å². The van der Waals surface area contributed by atoms with E-state index in [-0.39, 0.29) is 0 Å². The Morgan fingerprint density at radius 3 is 2.17 bits per heavy atom. The summed E-state index contributed by atoms with van der Waals surface area (Å²) in [5, 5.41) is 8.33. The van der Waals surface area contributed by atoms with Gasteiger partial charge in [-0.25, -0.2) is 0 Å². The second-order valence-electron chi connectivity index (χ2n) is 5.42. The third-order valence-electron chi connectivity index (χ3n) is 1.98. The predicted molar refractivity (Wildman–Crippen MR) is 80.8 cm³/mol. The summed E-state index contributed by atoms with van der Waals surface area (Å²) in [6, 6.07) is 10.2. The van der Waals surface area contributed by atoms with Crippen molar-refractivity contribution in [1.82, 2.24) is 0 Å². The molecule has 4 heteroatoms. The van der Waals surface area contributed by atoms with Gasteiger partial charge in [-0.3, -0.25) is 0 Å². The highest BCUT2D eigenvalue weighted by Crippen LogP contribution is 2.09. The Morgan fingerprint density at radius 1 is 1.06 bits per heavy atom. The van der Waals surface area contributed by atoms with Crippen molar-refractivity contribution >= 4 is 19.9 Å². The number of nitrogens with zero attached hydrogens (tertiary/aromatic N) is 2. The van der Waals surface area contributed by atoms with Crippen LogP contribution < -0.4 is 0 Å². The second-order valence-corrected chi connectivity index (χ2v) is 9.85. The highest BCUT2D eigenvalue weighted by atomic mass is 28.4. The van der Waals surface area contributed by atoms with E-state index in [1.165, 1.54) is 5.56 Å². The van der Waals surface area contributed by atoms with Gasteiger partial charge < -0.3 is 4.43 Å². The van der Waals surface area contributed by atoms with Gasteiger partial charge in [-0.05, 0) is 39.1 Å². The molecule has 0 aliphatic heterocycles. The van der Waals surface area contributed by atoms with Crippen LogP contribution in [0.4, 0.5) is 0 Å². The minimum absolute atomic E-state index is 0.696. The molecule has 1 aromatic rings. The molecular formula is C14H22N2OSi. The second kappa shape index (κ2) is 6.49. The Balaban J connectivity index is 2.85. The molecular weight excluding hydrogens is 240 g/mol. The van der Waals surface area contributed by atoms with Gasteiger partial charge in [0.1, 0.15) is 0 Å². The van der Waals surface area contributed by atoms with Crippen LogP contribution in [-0.4, -0.2) is 19.9 Å². The van der Waals surface area contributed by atoms with Crippen molar-refractivity contribution in [3.63, 3.8) is 0 Å².